The van der Waals surface area contributed by atoms with Gasteiger partial charge in [-0.1, -0.05) is 0 Å². The van der Waals surface area contributed by atoms with Crippen LogP contribution >= 0.6 is 27.3 Å². The monoisotopic (exact) mass is 278 g/mol. The topological polar surface area (TPSA) is 58.9 Å². The predicted octanol–water partition coefficient (Wildman–Crippen LogP) is 0.236. The van der Waals surface area contributed by atoms with Crippen LogP contribution in [-0.2, 0) is 9.47 Å². The zero-order valence-corrected chi connectivity index (χ0v) is 9.55. The van der Waals surface area contributed by atoms with Crippen molar-refractivity contribution >= 4 is 39.2 Å². The maximum atomic E-state index is 8.97. The summed E-state index contributed by atoms with van der Waals surface area (Å²) in [5, 5.41) is 17.9. The minimum Gasteiger partial charge on any atom is -0.423 e. The molecular formula is C7H8BBrO4S. The number of halogens is 1. The van der Waals surface area contributed by atoms with Gasteiger partial charge in [0.25, 0.3) is 0 Å². The maximum absolute atomic E-state index is 8.97. The zero-order chi connectivity index (χ0) is 10.1. The van der Waals surface area contributed by atoms with Crippen molar-refractivity contribution in [3.8, 4) is 0 Å². The van der Waals surface area contributed by atoms with Crippen LogP contribution < -0.4 is 4.78 Å². The van der Waals surface area contributed by atoms with Crippen LogP contribution in [-0.4, -0.2) is 30.4 Å². The van der Waals surface area contributed by atoms with Gasteiger partial charge in [0.05, 0.1) is 17.0 Å². The van der Waals surface area contributed by atoms with E-state index in [1.54, 1.807) is 6.07 Å². The third-order valence-corrected chi connectivity index (χ3v) is 3.79. The van der Waals surface area contributed by atoms with Crippen LogP contribution in [0.2, 0.25) is 0 Å². The summed E-state index contributed by atoms with van der Waals surface area (Å²) in [6.07, 6.45) is -0.381. The smallest absolute Gasteiger partial charge is 0.423 e. The molecule has 0 amide bonds. The van der Waals surface area contributed by atoms with Crippen molar-refractivity contribution < 1.29 is 19.5 Å². The van der Waals surface area contributed by atoms with E-state index in [2.05, 4.69) is 15.9 Å². The van der Waals surface area contributed by atoms with Crippen LogP contribution in [0, 0.1) is 0 Å². The molecule has 0 radical (unpaired) electrons. The Hall–Kier alpha value is 0.0849. The maximum Gasteiger partial charge on any atom is 0.499 e. The van der Waals surface area contributed by atoms with E-state index in [-0.39, 0.29) is 6.29 Å². The third kappa shape index (κ3) is 2.02. The SMILES string of the molecule is OB(O)c1cc(C2OCCO2)c(Br)s1. The van der Waals surface area contributed by atoms with Crippen LogP contribution in [0.3, 0.4) is 0 Å². The molecule has 0 saturated carbocycles. The minimum absolute atomic E-state index is 0.381. The van der Waals surface area contributed by atoms with Gasteiger partial charge in [-0.05, 0) is 22.0 Å². The fourth-order valence-corrected chi connectivity index (χ4v) is 2.86. The van der Waals surface area contributed by atoms with Crippen LogP contribution in [0.15, 0.2) is 9.85 Å². The molecule has 1 aliphatic rings. The second-order valence-corrected chi connectivity index (χ2v) is 5.23. The molecule has 0 bridgehead atoms. The van der Waals surface area contributed by atoms with Crippen molar-refractivity contribution in [1.82, 2.24) is 0 Å². The quantitative estimate of drug-likeness (QED) is 0.761. The summed E-state index contributed by atoms with van der Waals surface area (Å²) in [6.45, 7) is 1.15. The van der Waals surface area contributed by atoms with Gasteiger partial charge in [-0.25, -0.2) is 0 Å². The van der Waals surface area contributed by atoms with Gasteiger partial charge in [0.2, 0.25) is 0 Å². The lowest BCUT2D eigenvalue weighted by Crippen LogP contribution is -2.26. The summed E-state index contributed by atoms with van der Waals surface area (Å²) in [7, 11) is -1.44. The molecule has 4 nitrogen and oxygen atoms in total. The first kappa shape index (κ1) is 10.6. The molecular weight excluding hydrogens is 271 g/mol. The Morgan fingerprint density at radius 1 is 1.43 bits per heavy atom. The van der Waals surface area contributed by atoms with E-state index < -0.39 is 7.12 Å². The minimum atomic E-state index is -1.44. The number of ether oxygens (including phenoxy) is 2. The molecule has 0 aliphatic carbocycles. The molecule has 1 aromatic rings. The fourth-order valence-electron chi connectivity index (χ4n) is 1.23. The standard InChI is InChI=1S/C7H8BBrO4S/c9-6-4(7-12-1-2-13-7)3-5(14-6)8(10)11/h3,7,10-11H,1-2H2. The lowest BCUT2D eigenvalue weighted by atomic mass is 9.89. The van der Waals surface area contributed by atoms with Gasteiger partial charge in [0.1, 0.15) is 0 Å². The van der Waals surface area contributed by atoms with Crippen LogP contribution in [0.5, 0.6) is 0 Å². The first-order chi connectivity index (χ1) is 6.68. The number of thiophene rings is 1. The Balaban J connectivity index is 2.24. The third-order valence-electron chi connectivity index (χ3n) is 1.86. The Morgan fingerprint density at radius 2 is 2.07 bits per heavy atom. The van der Waals surface area contributed by atoms with Crippen LogP contribution in [0.4, 0.5) is 0 Å². The highest BCUT2D eigenvalue weighted by Gasteiger charge is 2.25. The van der Waals surface area contributed by atoms with E-state index in [1.807, 2.05) is 0 Å². The number of hydrogen-bond acceptors (Lipinski definition) is 5. The van der Waals surface area contributed by atoms with Crippen molar-refractivity contribution in [2.45, 2.75) is 6.29 Å². The Bertz CT molecular complexity index is 323. The first-order valence-electron chi connectivity index (χ1n) is 4.07. The summed E-state index contributed by atoms with van der Waals surface area (Å²) in [4.78, 5) is 0. The molecule has 0 spiro atoms. The van der Waals surface area contributed by atoms with Crippen molar-refractivity contribution in [3.05, 3.63) is 15.4 Å². The van der Waals surface area contributed by atoms with Gasteiger partial charge >= 0.3 is 7.12 Å². The van der Waals surface area contributed by atoms with Crippen molar-refractivity contribution in [2.75, 3.05) is 13.2 Å². The van der Waals surface area contributed by atoms with Crippen molar-refractivity contribution in [1.29, 1.82) is 0 Å². The highest BCUT2D eigenvalue weighted by Crippen LogP contribution is 2.32. The highest BCUT2D eigenvalue weighted by atomic mass is 79.9. The summed E-state index contributed by atoms with van der Waals surface area (Å²) < 4.78 is 11.9. The molecule has 14 heavy (non-hydrogen) atoms. The van der Waals surface area contributed by atoms with E-state index in [9.17, 15) is 0 Å². The molecule has 1 saturated heterocycles. The average Bonchev–Trinajstić information content (AvgIpc) is 2.71. The molecule has 1 fully saturated rings. The largest absolute Gasteiger partial charge is 0.499 e. The lowest BCUT2D eigenvalue weighted by molar-refractivity contribution is -0.0442. The Kier molecular flexibility index (Phi) is 3.25. The first-order valence-corrected chi connectivity index (χ1v) is 5.68. The van der Waals surface area contributed by atoms with Gasteiger partial charge in [-0.15, -0.1) is 11.3 Å². The zero-order valence-electron chi connectivity index (χ0n) is 7.14. The normalized spacial score (nSPS) is 17.6. The van der Waals surface area contributed by atoms with Gasteiger partial charge in [-0.3, -0.25) is 0 Å². The molecule has 1 aliphatic heterocycles. The predicted molar refractivity (Wildman–Crippen MR) is 56.5 cm³/mol. The summed E-state index contributed by atoms with van der Waals surface area (Å²) in [6, 6.07) is 1.68. The molecule has 2 rings (SSSR count). The van der Waals surface area contributed by atoms with E-state index in [0.717, 1.165) is 9.35 Å². The average molecular weight is 279 g/mol. The summed E-state index contributed by atoms with van der Waals surface area (Å²) in [5.41, 5.74) is 0.815. The second-order valence-electron chi connectivity index (χ2n) is 2.82. The van der Waals surface area contributed by atoms with Crippen LogP contribution in [0.25, 0.3) is 0 Å². The molecule has 2 N–H and O–H groups in total. The molecule has 7 heteroatoms. The van der Waals surface area contributed by atoms with Crippen molar-refractivity contribution in [2.24, 2.45) is 0 Å². The Labute approximate surface area is 93.7 Å². The van der Waals surface area contributed by atoms with Gasteiger partial charge in [-0.2, -0.15) is 0 Å². The van der Waals surface area contributed by atoms with Crippen LogP contribution in [0.1, 0.15) is 11.9 Å². The highest BCUT2D eigenvalue weighted by molar-refractivity contribution is 9.11. The van der Waals surface area contributed by atoms with E-state index in [4.69, 9.17) is 19.5 Å². The molecule has 0 unspecified atom stereocenters. The van der Waals surface area contributed by atoms with Gasteiger partial charge in [0.15, 0.2) is 6.29 Å². The van der Waals surface area contributed by atoms with Crippen molar-refractivity contribution in [3.63, 3.8) is 0 Å². The molecule has 76 valence electrons. The number of rotatable bonds is 2. The molecule has 1 aromatic heterocycles. The fraction of sp³-hybridized carbons (Fsp3) is 0.429. The van der Waals surface area contributed by atoms with E-state index in [1.165, 1.54) is 11.3 Å². The molecule has 2 heterocycles. The summed E-state index contributed by atoms with van der Waals surface area (Å²) >= 11 is 4.60. The number of hydrogen-bond donors (Lipinski definition) is 2. The van der Waals surface area contributed by atoms with E-state index in [0.29, 0.717) is 18.0 Å². The second kappa shape index (κ2) is 4.30. The Morgan fingerprint density at radius 3 is 2.57 bits per heavy atom. The van der Waals surface area contributed by atoms with Gasteiger partial charge < -0.3 is 19.5 Å². The molecule has 0 atom stereocenters. The van der Waals surface area contributed by atoms with Gasteiger partial charge in [0, 0.05) is 10.3 Å². The lowest BCUT2D eigenvalue weighted by Gasteiger charge is -2.06. The molecule has 0 aromatic carbocycles. The van der Waals surface area contributed by atoms with E-state index >= 15 is 0 Å². The summed E-state index contributed by atoms with van der Waals surface area (Å²) in [5.74, 6) is 0.